The first-order valence-electron chi connectivity index (χ1n) is 5.11. The van der Waals surface area contributed by atoms with E-state index < -0.39 is 5.97 Å². The Labute approximate surface area is 92.7 Å². The van der Waals surface area contributed by atoms with Crippen LogP contribution in [0.25, 0.3) is 11.0 Å². The van der Waals surface area contributed by atoms with Gasteiger partial charge in [-0.05, 0) is 12.1 Å². The molecule has 0 saturated carbocycles. The fourth-order valence-corrected chi connectivity index (χ4v) is 1.71. The molecule has 2 aromatic rings. The maximum absolute atomic E-state index is 10.7. The zero-order valence-electron chi connectivity index (χ0n) is 8.72. The molecule has 0 unspecified atom stereocenters. The van der Waals surface area contributed by atoms with E-state index in [0.717, 1.165) is 11.0 Å². The number of rotatable bonds is 4. The number of hydrogen-bond donors (Lipinski definition) is 2. The van der Waals surface area contributed by atoms with E-state index in [9.17, 15) is 4.79 Å². The molecule has 16 heavy (non-hydrogen) atoms. The quantitative estimate of drug-likeness (QED) is 0.824. The lowest BCUT2D eigenvalue weighted by Crippen LogP contribution is -2.15. The highest BCUT2D eigenvalue weighted by molar-refractivity contribution is 5.78. The van der Waals surface area contributed by atoms with Crippen LogP contribution >= 0.6 is 0 Å². The first-order valence-corrected chi connectivity index (χ1v) is 5.11. The summed E-state index contributed by atoms with van der Waals surface area (Å²) in [5.74, 6) is -0.480. The Morgan fingerprint density at radius 2 is 2.19 bits per heavy atom. The van der Waals surface area contributed by atoms with Crippen molar-refractivity contribution in [2.45, 2.75) is 12.3 Å². The first kappa shape index (κ1) is 10.7. The van der Waals surface area contributed by atoms with Crippen molar-refractivity contribution >= 4 is 16.9 Å². The Bertz CT molecular complexity index is 471. The zero-order chi connectivity index (χ0) is 11.5. The van der Waals surface area contributed by atoms with E-state index in [1.54, 1.807) is 0 Å². The Kier molecular flexibility index (Phi) is 2.92. The van der Waals surface area contributed by atoms with Gasteiger partial charge in [-0.3, -0.25) is 4.79 Å². The molecule has 0 aliphatic rings. The van der Waals surface area contributed by atoms with Gasteiger partial charge in [-0.1, -0.05) is 18.2 Å². The molecule has 4 nitrogen and oxygen atoms in total. The van der Waals surface area contributed by atoms with Gasteiger partial charge in [0.2, 0.25) is 0 Å². The third-order valence-corrected chi connectivity index (χ3v) is 2.55. The van der Waals surface area contributed by atoms with Crippen molar-refractivity contribution in [1.29, 1.82) is 0 Å². The van der Waals surface area contributed by atoms with E-state index in [2.05, 4.69) is 0 Å². The van der Waals surface area contributed by atoms with Crippen molar-refractivity contribution in [3.8, 4) is 0 Å². The number of para-hydroxylation sites is 1. The number of furan rings is 1. The van der Waals surface area contributed by atoms with Crippen LogP contribution < -0.4 is 5.73 Å². The molecule has 2 rings (SSSR count). The summed E-state index contributed by atoms with van der Waals surface area (Å²) in [7, 11) is 0. The summed E-state index contributed by atoms with van der Waals surface area (Å²) >= 11 is 0. The van der Waals surface area contributed by atoms with Crippen molar-refractivity contribution in [2.24, 2.45) is 5.73 Å². The molecule has 1 aromatic heterocycles. The molecule has 0 saturated heterocycles. The first-order chi connectivity index (χ1) is 7.70. The minimum absolute atomic E-state index is 0.00365. The molecule has 0 amide bonds. The molecular weight excluding hydrogens is 206 g/mol. The predicted molar refractivity (Wildman–Crippen MR) is 60.3 cm³/mol. The third-order valence-electron chi connectivity index (χ3n) is 2.55. The molecule has 4 heteroatoms. The lowest BCUT2D eigenvalue weighted by atomic mass is 10.0. The average Bonchev–Trinajstić information content (AvgIpc) is 2.68. The van der Waals surface area contributed by atoms with Crippen molar-refractivity contribution in [3.63, 3.8) is 0 Å². The van der Waals surface area contributed by atoms with Gasteiger partial charge in [0.05, 0.1) is 6.42 Å². The number of aliphatic carboxylic acids is 1. The Morgan fingerprint density at radius 1 is 1.44 bits per heavy atom. The number of carboxylic acid groups (broad SMARTS) is 1. The van der Waals surface area contributed by atoms with Crippen molar-refractivity contribution < 1.29 is 14.3 Å². The minimum atomic E-state index is -0.865. The lowest BCUT2D eigenvalue weighted by Gasteiger charge is -2.07. The van der Waals surface area contributed by atoms with Gasteiger partial charge >= 0.3 is 5.97 Å². The van der Waals surface area contributed by atoms with Crippen molar-refractivity contribution in [1.82, 2.24) is 0 Å². The van der Waals surface area contributed by atoms with Gasteiger partial charge in [0.15, 0.2) is 0 Å². The molecule has 0 radical (unpaired) electrons. The highest BCUT2D eigenvalue weighted by atomic mass is 16.4. The molecule has 0 aliphatic carbocycles. The van der Waals surface area contributed by atoms with E-state index >= 15 is 0 Å². The van der Waals surface area contributed by atoms with Crippen LogP contribution in [-0.2, 0) is 4.79 Å². The minimum Gasteiger partial charge on any atom is -0.481 e. The SMILES string of the molecule is NC[C@H](CC(=O)O)c1cc2ccccc2o1. The van der Waals surface area contributed by atoms with Crippen LogP contribution in [0.3, 0.4) is 0 Å². The van der Waals surface area contributed by atoms with E-state index in [0.29, 0.717) is 5.76 Å². The van der Waals surface area contributed by atoms with Crippen molar-refractivity contribution in [2.75, 3.05) is 6.54 Å². The second-order valence-electron chi connectivity index (χ2n) is 3.72. The van der Waals surface area contributed by atoms with Crippen LogP contribution in [-0.4, -0.2) is 17.6 Å². The molecule has 0 spiro atoms. The summed E-state index contributed by atoms with van der Waals surface area (Å²) in [4.78, 5) is 10.7. The molecule has 84 valence electrons. The molecular formula is C12H13NO3. The van der Waals surface area contributed by atoms with E-state index in [-0.39, 0.29) is 18.9 Å². The lowest BCUT2D eigenvalue weighted by molar-refractivity contribution is -0.137. The topological polar surface area (TPSA) is 76.5 Å². The maximum atomic E-state index is 10.7. The highest BCUT2D eigenvalue weighted by Gasteiger charge is 2.17. The molecule has 1 atom stereocenters. The fraction of sp³-hybridized carbons (Fsp3) is 0.250. The Hall–Kier alpha value is -1.81. The molecule has 3 N–H and O–H groups in total. The largest absolute Gasteiger partial charge is 0.481 e. The van der Waals surface area contributed by atoms with Crippen LogP contribution in [0.15, 0.2) is 34.7 Å². The second-order valence-corrected chi connectivity index (χ2v) is 3.72. The molecule has 0 fully saturated rings. The monoisotopic (exact) mass is 219 g/mol. The summed E-state index contributed by atoms with van der Waals surface area (Å²) in [6.45, 7) is 0.270. The summed E-state index contributed by atoms with van der Waals surface area (Å²) in [5.41, 5.74) is 6.32. The number of hydrogen-bond acceptors (Lipinski definition) is 3. The Morgan fingerprint density at radius 3 is 2.81 bits per heavy atom. The standard InChI is InChI=1S/C12H13NO3/c13-7-9(6-12(14)15)11-5-8-3-1-2-4-10(8)16-11/h1-5,9H,6-7,13H2,(H,14,15)/t9-/m0/s1. The van der Waals surface area contributed by atoms with Crippen LogP contribution in [0.1, 0.15) is 18.1 Å². The molecule has 1 heterocycles. The maximum Gasteiger partial charge on any atom is 0.304 e. The van der Waals surface area contributed by atoms with Crippen molar-refractivity contribution in [3.05, 3.63) is 36.1 Å². The van der Waals surface area contributed by atoms with Gasteiger partial charge in [-0.15, -0.1) is 0 Å². The second kappa shape index (κ2) is 4.37. The van der Waals surface area contributed by atoms with Crippen LogP contribution in [0.2, 0.25) is 0 Å². The highest BCUT2D eigenvalue weighted by Crippen LogP contribution is 2.26. The molecule has 1 aromatic carbocycles. The smallest absolute Gasteiger partial charge is 0.304 e. The Balaban J connectivity index is 2.34. The number of carbonyl (C=O) groups is 1. The van der Waals surface area contributed by atoms with Gasteiger partial charge in [0.25, 0.3) is 0 Å². The van der Waals surface area contributed by atoms with Gasteiger partial charge < -0.3 is 15.3 Å². The van der Waals surface area contributed by atoms with Gasteiger partial charge in [0.1, 0.15) is 11.3 Å². The van der Waals surface area contributed by atoms with Crippen LogP contribution in [0, 0.1) is 0 Å². The van der Waals surface area contributed by atoms with Crippen LogP contribution in [0.4, 0.5) is 0 Å². The van der Waals surface area contributed by atoms with Crippen LogP contribution in [0.5, 0.6) is 0 Å². The average molecular weight is 219 g/mol. The molecule has 0 bridgehead atoms. The predicted octanol–water partition coefficient (Wildman–Crippen LogP) is 1.95. The normalized spacial score (nSPS) is 12.8. The summed E-state index contributed by atoms with van der Waals surface area (Å²) < 4.78 is 5.58. The van der Waals surface area contributed by atoms with Gasteiger partial charge in [-0.25, -0.2) is 0 Å². The summed E-state index contributed by atoms with van der Waals surface area (Å²) in [5, 5.41) is 9.73. The van der Waals surface area contributed by atoms with E-state index in [4.69, 9.17) is 15.3 Å². The fourth-order valence-electron chi connectivity index (χ4n) is 1.71. The summed E-state index contributed by atoms with van der Waals surface area (Å²) in [6, 6.07) is 9.43. The molecule has 0 aliphatic heterocycles. The third kappa shape index (κ3) is 2.06. The zero-order valence-corrected chi connectivity index (χ0v) is 8.72. The number of nitrogens with two attached hydrogens (primary N) is 1. The van der Waals surface area contributed by atoms with Gasteiger partial charge in [-0.2, -0.15) is 0 Å². The van der Waals surface area contributed by atoms with Gasteiger partial charge in [0, 0.05) is 17.8 Å². The number of carboxylic acids is 1. The number of benzene rings is 1. The van der Waals surface area contributed by atoms with E-state index in [1.807, 2.05) is 30.3 Å². The summed E-state index contributed by atoms with van der Waals surface area (Å²) in [6.07, 6.45) is -0.00365. The number of fused-ring (bicyclic) bond motifs is 1. The van der Waals surface area contributed by atoms with E-state index in [1.165, 1.54) is 0 Å².